The van der Waals surface area contributed by atoms with Crippen LogP contribution in [0, 0.1) is 0 Å². The maximum absolute atomic E-state index is 5.67. The molecule has 0 amide bonds. The van der Waals surface area contributed by atoms with E-state index in [0.717, 1.165) is 56.3 Å². The van der Waals surface area contributed by atoms with Crippen LogP contribution in [0.3, 0.4) is 0 Å². The van der Waals surface area contributed by atoms with Crippen molar-refractivity contribution in [2.24, 2.45) is 4.99 Å². The normalized spacial score (nSPS) is 17.1. The Bertz CT molecular complexity index is 557. The highest BCUT2D eigenvalue weighted by atomic mass is 16.5. The molecule has 1 heterocycles. The van der Waals surface area contributed by atoms with Crippen molar-refractivity contribution in [1.82, 2.24) is 10.6 Å². The number of nitrogens with one attached hydrogen (secondary N) is 2. The molecule has 26 heavy (non-hydrogen) atoms. The van der Waals surface area contributed by atoms with E-state index in [9.17, 15) is 0 Å². The zero-order valence-corrected chi connectivity index (χ0v) is 15.7. The van der Waals surface area contributed by atoms with E-state index in [1.165, 1.54) is 0 Å². The van der Waals surface area contributed by atoms with Crippen LogP contribution in [-0.4, -0.2) is 52.1 Å². The van der Waals surface area contributed by atoms with E-state index in [-0.39, 0.29) is 0 Å². The molecule has 6 heteroatoms. The molecule has 2 rings (SSSR count). The Kier molecular flexibility index (Phi) is 9.61. The Balaban J connectivity index is 1.62. The first-order valence-electron chi connectivity index (χ1n) is 9.29. The summed E-state index contributed by atoms with van der Waals surface area (Å²) in [4.78, 5) is 4.25. The molecule has 2 N–H and O–H groups in total. The predicted octanol–water partition coefficient (Wildman–Crippen LogP) is 2.50. The third-order valence-corrected chi connectivity index (χ3v) is 4.08. The number of para-hydroxylation sites is 1. The first-order valence-corrected chi connectivity index (χ1v) is 9.29. The molecule has 1 aromatic rings. The molecule has 1 fully saturated rings. The Morgan fingerprint density at radius 3 is 3.04 bits per heavy atom. The van der Waals surface area contributed by atoms with Crippen LogP contribution in [-0.2, 0) is 16.0 Å². The van der Waals surface area contributed by atoms with Gasteiger partial charge in [-0.1, -0.05) is 30.9 Å². The lowest BCUT2D eigenvalue weighted by molar-refractivity contribution is 0.0168. The summed E-state index contributed by atoms with van der Waals surface area (Å²) in [5.41, 5.74) is 1.08. The average Bonchev–Trinajstić information content (AvgIpc) is 3.19. The third-order valence-electron chi connectivity index (χ3n) is 4.08. The van der Waals surface area contributed by atoms with Gasteiger partial charge < -0.3 is 24.8 Å². The second kappa shape index (κ2) is 12.3. The molecule has 1 aliphatic heterocycles. The van der Waals surface area contributed by atoms with E-state index in [2.05, 4.69) is 22.2 Å². The summed E-state index contributed by atoms with van der Waals surface area (Å²) in [7, 11) is 1.77. The van der Waals surface area contributed by atoms with Gasteiger partial charge in [-0.05, 0) is 25.3 Å². The van der Waals surface area contributed by atoms with E-state index in [0.29, 0.717) is 25.9 Å². The monoisotopic (exact) mass is 361 g/mol. The van der Waals surface area contributed by atoms with Crippen molar-refractivity contribution in [1.29, 1.82) is 0 Å². The molecule has 0 radical (unpaired) electrons. The molecule has 1 aliphatic rings. The average molecular weight is 361 g/mol. The van der Waals surface area contributed by atoms with Gasteiger partial charge in [-0.25, -0.2) is 0 Å². The number of ether oxygens (including phenoxy) is 3. The molecule has 0 aromatic heterocycles. The first kappa shape index (κ1) is 20.3. The lowest BCUT2D eigenvalue weighted by Crippen LogP contribution is -2.37. The van der Waals surface area contributed by atoms with Crippen molar-refractivity contribution in [2.45, 2.75) is 31.9 Å². The van der Waals surface area contributed by atoms with Crippen LogP contribution in [0.15, 0.2) is 41.9 Å². The molecule has 0 spiro atoms. The van der Waals surface area contributed by atoms with Gasteiger partial charge in [0.1, 0.15) is 12.4 Å². The molecule has 144 valence electrons. The number of benzene rings is 1. The van der Waals surface area contributed by atoms with Crippen LogP contribution in [0.25, 0.3) is 0 Å². The smallest absolute Gasteiger partial charge is 0.191 e. The van der Waals surface area contributed by atoms with Crippen molar-refractivity contribution in [3.05, 3.63) is 42.5 Å². The minimum absolute atomic E-state index is 0.292. The number of hydrogen-bond acceptors (Lipinski definition) is 4. The van der Waals surface area contributed by atoms with Crippen LogP contribution >= 0.6 is 0 Å². The number of aliphatic imine (C=N–C) groups is 1. The van der Waals surface area contributed by atoms with Gasteiger partial charge in [0.2, 0.25) is 0 Å². The second-order valence-corrected chi connectivity index (χ2v) is 6.12. The summed E-state index contributed by atoms with van der Waals surface area (Å²) in [5, 5.41) is 6.61. The van der Waals surface area contributed by atoms with Crippen molar-refractivity contribution in [3.8, 4) is 5.75 Å². The summed E-state index contributed by atoms with van der Waals surface area (Å²) in [5.74, 6) is 1.63. The lowest BCUT2D eigenvalue weighted by atomic mass is 10.2. The van der Waals surface area contributed by atoms with Crippen LogP contribution in [0.2, 0.25) is 0 Å². The Morgan fingerprint density at radius 1 is 1.38 bits per heavy atom. The molecule has 1 unspecified atom stereocenters. The zero-order chi connectivity index (χ0) is 18.5. The SMILES string of the molecule is C=CCOc1ccccc1CNC(=NC)NCCCOCC1CCCO1. The summed E-state index contributed by atoms with van der Waals surface area (Å²) < 4.78 is 16.9. The lowest BCUT2D eigenvalue weighted by Gasteiger charge is -2.14. The van der Waals surface area contributed by atoms with Gasteiger partial charge in [-0.3, -0.25) is 4.99 Å². The highest BCUT2D eigenvalue weighted by Crippen LogP contribution is 2.17. The topological polar surface area (TPSA) is 64.1 Å². The van der Waals surface area contributed by atoms with E-state index in [1.54, 1.807) is 13.1 Å². The molecule has 0 bridgehead atoms. The molecular formula is C20H31N3O3. The van der Waals surface area contributed by atoms with E-state index in [4.69, 9.17) is 14.2 Å². The van der Waals surface area contributed by atoms with E-state index >= 15 is 0 Å². The Morgan fingerprint density at radius 2 is 2.27 bits per heavy atom. The van der Waals surface area contributed by atoms with Gasteiger partial charge in [0.15, 0.2) is 5.96 Å². The maximum atomic E-state index is 5.67. The predicted molar refractivity (Wildman–Crippen MR) is 105 cm³/mol. The maximum Gasteiger partial charge on any atom is 0.191 e. The molecule has 0 saturated carbocycles. The molecule has 1 saturated heterocycles. The van der Waals surface area contributed by atoms with Gasteiger partial charge in [-0.15, -0.1) is 0 Å². The minimum atomic E-state index is 0.292. The number of hydrogen-bond donors (Lipinski definition) is 2. The zero-order valence-electron chi connectivity index (χ0n) is 15.7. The van der Waals surface area contributed by atoms with Crippen molar-refractivity contribution in [3.63, 3.8) is 0 Å². The van der Waals surface area contributed by atoms with Crippen molar-refractivity contribution >= 4 is 5.96 Å². The molecule has 6 nitrogen and oxygen atoms in total. The van der Waals surface area contributed by atoms with Gasteiger partial charge in [0.05, 0.1) is 12.7 Å². The molecule has 1 aromatic carbocycles. The van der Waals surface area contributed by atoms with Crippen LogP contribution in [0.5, 0.6) is 5.75 Å². The third kappa shape index (κ3) is 7.45. The highest BCUT2D eigenvalue weighted by molar-refractivity contribution is 5.79. The van der Waals surface area contributed by atoms with Crippen molar-refractivity contribution in [2.75, 3.05) is 40.0 Å². The fourth-order valence-electron chi connectivity index (χ4n) is 2.71. The summed E-state index contributed by atoms with van der Waals surface area (Å²) in [6.07, 6.45) is 5.23. The van der Waals surface area contributed by atoms with Gasteiger partial charge in [0, 0.05) is 38.9 Å². The van der Waals surface area contributed by atoms with Gasteiger partial charge in [0.25, 0.3) is 0 Å². The number of guanidine groups is 1. The van der Waals surface area contributed by atoms with Crippen LogP contribution in [0.1, 0.15) is 24.8 Å². The van der Waals surface area contributed by atoms with Crippen molar-refractivity contribution < 1.29 is 14.2 Å². The minimum Gasteiger partial charge on any atom is -0.489 e. The standard InChI is InChI=1S/C20H31N3O3/c1-3-12-26-19-10-5-4-8-17(19)15-23-20(21-2)22-11-7-13-24-16-18-9-6-14-25-18/h3-5,8,10,18H,1,6-7,9,11-16H2,2H3,(H2,21,22,23). The number of nitrogens with zero attached hydrogens (tertiary/aromatic N) is 1. The summed E-state index contributed by atoms with van der Waals surface area (Å²) in [6, 6.07) is 7.96. The molecular weight excluding hydrogens is 330 g/mol. The van der Waals surface area contributed by atoms with E-state index < -0.39 is 0 Å². The van der Waals surface area contributed by atoms with E-state index in [1.807, 2.05) is 24.3 Å². The fraction of sp³-hybridized carbons (Fsp3) is 0.550. The van der Waals surface area contributed by atoms with Crippen LogP contribution < -0.4 is 15.4 Å². The summed E-state index contributed by atoms with van der Waals surface area (Å²) in [6.45, 7) is 7.93. The fourth-order valence-corrected chi connectivity index (χ4v) is 2.71. The number of rotatable bonds is 11. The Labute approximate surface area is 156 Å². The van der Waals surface area contributed by atoms with Gasteiger partial charge in [-0.2, -0.15) is 0 Å². The largest absolute Gasteiger partial charge is 0.489 e. The van der Waals surface area contributed by atoms with Gasteiger partial charge >= 0.3 is 0 Å². The summed E-state index contributed by atoms with van der Waals surface area (Å²) >= 11 is 0. The van der Waals surface area contributed by atoms with Crippen LogP contribution in [0.4, 0.5) is 0 Å². The Hall–Kier alpha value is -2.05. The molecule has 0 aliphatic carbocycles. The second-order valence-electron chi connectivity index (χ2n) is 6.12. The first-order chi connectivity index (χ1) is 12.8. The quantitative estimate of drug-likeness (QED) is 0.274. The highest BCUT2D eigenvalue weighted by Gasteiger charge is 2.14. The molecule has 1 atom stereocenters.